The van der Waals surface area contributed by atoms with E-state index in [2.05, 4.69) is 10.0 Å². The zero-order chi connectivity index (χ0) is 25.4. The van der Waals surface area contributed by atoms with Crippen LogP contribution < -0.4 is 14.7 Å². The average molecular weight is 499 g/mol. The van der Waals surface area contributed by atoms with E-state index in [4.69, 9.17) is 9.68 Å². The van der Waals surface area contributed by atoms with E-state index in [0.29, 0.717) is 20.0 Å². The Balaban J connectivity index is 1.73. The van der Waals surface area contributed by atoms with Crippen molar-refractivity contribution < 1.29 is 18.1 Å². The third-order valence-electron chi connectivity index (χ3n) is 5.93. The maximum absolute atomic E-state index is 13.5. The van der Waals surface area contributed by atoms with E-state index in [1.165, 1.54) is 0 Å². The third-order valence-corrected chi connectivity index (χ3v) is 7.39. The van der Waals surface area contributed by atoms with Crippen molar-refractivity contribution in [3.05, 3.63) is 131 Å². The predicted molar refractivity (Wildman–Crippen MR) is 142 cm³/mol. The second-order valence-electron chi connectivity index (χ2n) is 8.42. The SMILES string of the molecule is Cc1ccc(S(=O)(=O)N[C@@H](c2ccccc2)[C@@H](NCc2ccccc2O[B]O)c2ccccc2)cc1. The van der Waals surface area contributed by atoms with Crippen LogP contribution in [0.5, 0.6) is 5.75 Å². The molecule has 8 heteroatoms. The molecule has 3 N–H and O–H groups in total. The lowest BCUT2D eigenvalue weighted by Crippen LogP contribution is -2.38. The van der Waals surface area contributed by atoms with Gasteiger partial charge in [0, 0.05) is 12.1 Å². The van der Waals surface area contributed by atoms with Crippen molar-refractivity contribution in [1.29, 1.82) is 0 Å². The van der Waals surface area contributed by atoms with Crippen molar-refractivity contribution in [2.75, 3.05) is 0 Å². The van der Waals surface area contributed by atoms with E-state index in [-0.39, 0.29) is 4.90 Å². The topological polar surface area (TPSA) is 87.7 Å². The molecule has 0 aromatic heterocycles. The normalized spacial score (nSPS) is 13.1. The Morgan fingerprint density at radius 1 is 0.778 bits per heavy atom. The van der Waals surface area contributed by atoms with Crippen LogP contribution in [0, 0.1) is 6.92 Å². The highest BCUT2D eigenvalue weighted by Crippen LogP contribution is 2.32. The first-order valence-corrected chi connectivity index (χ1v) is 13.1. The second-order valence-corrected chi connectivity index (χ2v) is 10.1. The number of nitrogens with one attached hydrogen (secondary N) is 2. The Kier molecular flexibility index (Phi) is 8.56. The monoisotopic (exact) mass is 499 g/mol. The van der Waals surface area contributed by atoms with Crippen LogP contribution in [-0.2, 0) is 16.6 Å². The molecule has 0 aliphatic carbocycles. The number of sulfonamides is 1. The van der Waals surface area contributed by atoms with Crippen LogP contribution in [0.25, 0.3) is 0 Å². The number of hydrogen-bond donors (Lipinski definition) is 3. The van der Waals surface area contributed by atoms with Gasteiger partial charge in [0.2, 0.25) is 10.0 Å². The number of rotatable bonds is 11. The zero-order valence-corrected chi connectivity index (χ0v) is 20.7. The summed E-state index contributed by atoms with van der Waals surface area (Å²) < 4.78 is 35.2. The Labute approximate surface area is 213 Å². The third kappa shape index (κ3) is 6.41. The molecule has 0 bridgehead atoms. The van der Waals surface area contributed by atoms with Gasteiger partial charge in [-0.15, -0.1) is 0 Å². The van der Waals surface area contributed by atoms with Crippen molar-refractivity contribution in [3.8, 4) is 5.75 Å². The Bertz CT molecular complexity index is 1350. The van der Waals surface area contributed by atoms with Gasteiger partial charge in [0.1, 0.15) is 5.75 Å². The first-order valence-electron chi connectivity index (χ1n) is 11.6. The van der Waals surface area contributed by atoms with Gasteiger partial charge in [-0.25, -0.2) is 13.1 Å². The summed E-state index contributed by atoms with van der Waals surface area (Å²) in [5, 5.41) is 12.7. The molecule has 6 nitrogen and oxygen atoms in total. The van der Waals surface area contributed by atoms with Crippen LogP contribution in [0.2, 0.25) is 0 Å². The highest BCUT2D eigenvalue weighted by Gasteiger charge is 2.30. The van der Waals surface area contributed by atoms with Crippen molar-refractivity contribution >= 4 is 17.7 Å². The van der Waals surface area contributed by atoms with Crippen LogP contribution in [0.4, 0.5) is 0 Å². The number of aryl methyl sites for hydroxylation is 1. The van der Waals surface area contributed by atoms with Gasteiger partial charge in [-0.2, -0.15) is 0 Å². The van der Waals surface area contributed by atoms with E-state index >= 15 is 0 Å². The largest absolute Gasteiger partial charge is 0.569 e. The summed E-state index contributed by atoms with van der Waals surface area (Å²) in [7, 11) is -3.18. The highest BCUT2D eigenvalue weighted by molar-refractivity contribution is 7.89. The lowest BCUT2D eigenvalue weighted by atomic mass is 9.93. The van der Waals surface area contributed by atoms with Crippen molar-refractivity contribution in [3.63, 3.8) is 0 Å². The molecular formula is C28H28BN2O4S. The smallest absolute Gasteiger partial charge is 0.537 e. The molecule has 0 amide bonds. The lowest BCUT2D eigenvalue weighted by molar-refractivity contribution is 0.413. The number of para-hydroxylation sites is 1. The van der Waals surface area contributed by atoms with E-state index in [1.807, 2.05) is 85.8 Å². The molecule has 0 heterocycles. The summed E-state index contributed by atoms with van der Waals surface area (Å²) >= 11 is 0. The minimum Gasteiger partial charge on any atom is -0.537 e. The first kappa shape index (κ1) is 25.7. The molecule has 0 fully saturated rings. The lowest BCUT2D eigenvalue weighted by Gasteiger charge is -2.30. The summed E-state index contributed by atoms with van der Waals surface area (Å²) in [6.45, 7) is 2.29. The molecule has 0 aliphatic heterocycles. The zero-order valence-electron chi connectivity index (χ0n) is 19.9. The van der Waals surface area contributed by atoms with Crippen LogP contribution >= 0.6 is 0 Å². The summed E-state index contributed by atoms with van der Waals surface area (Å²) in [6, 6.07) is 32.4. The fraction of sp³-hybridized carbons (Fsp3) is 0.143. The van der Waals surface area contributed by atoms with Crippen molar-refractivity contribution in [2.45, 2.75) is 30.4 Å². The van der Waals surface area contributed by atoms with Gasteiger partial charge >= 0.3 is 7.69 Å². The molecule has 4 rings (SSSR count). The van der Waals surface area contributed by atoms with E-state index in [1.54, 1.807) is 30.3 Å². The van der Waals surface area contributed by atoms with Crippen LogP contribution in [0.1, 0.15) is 34.3 Å². The molecule has 36 heavy (non-hydrogen) atoms. The molecule has 2 atom stereocenters. The van der Waals surface area contributed by atoms with Gasteiger partial charge in [0.15, 0.2) is 0 Å². The fourth-order valence-electron chi connectivity index (χ4n) is 4.07. The number of benzene rings is 4. The quantitative estimate of drug-likeness (QED) is 0.266. The van der Waals surface area contributed by atoms with Crippen molar-refractivity contribution in [1.82, 2.24) is 10.0 Å². The van der Waals surface area contributed by atoms with E-state index in [0.717, 1.165) is 22.3 Å². The molecule has 0 saturated heterocycles. The van der Waals surface area contributed by atoms with E-state index in [9.17, 15) is 8.42 Å². The Morgan fingerprint density at radius 3 is 1.94 bits per heavy atom. The minimum absolute atomic E-state index is 0.207. The summed E-state index contributed by atoms with van der Waals surface area (Å²) in [5.74, 6) is 0.510. The predicted octanol–water partition coefficient (Wildman–Crippen LogP) is 4.45. The molecular weight excluding hydrogens is 471 g/mol. The summed E-state index contributed by atoms with van der Waals surface area (Å²) in [6.07, 6.45) is 0. The standard InChI is InChI=1S/C28H28BN2O4S/c1-21-16-18-25(19-17-21)36(33,34)31-28(23-12-6-3-7-13-23)27(22-10-4-2-5-11-22)30-20-24-14-8-9-15-26(24)35-29-32/h2-19,27-28,30-32H,20H2,1H3/t27-,28-/m0/s1. The molecule has 4 aromatic rings. The van der Waals surface area contributed by atoms with Crippen LogP contribution in [-0.4, -0.2) is 21.1 Å². The maximum Gasteiger partial charge on any atom is 0.569 e. The Hall–Kier alpha value is -3.43. The van der Waals surface area contributed by atoms with Gasteiger partial charge in [-0.3, -0.25) is 0 Å². The Morgan fingerprint density at radius 2 is 1.33 bits per heavy atom. The van der Waals surface area contributed by atoms with Crippen LogP contribution in [0.3, 0.4) is 0 Å². The van der Waals surface area contributed by atoms with Crippen molar-refractivity contribution in [2.24, 2.45) is 0 Å². The van der Waals surface area contributed by atoms with E-state index < -0.39 is 22.1 Å². The highest BCUT2D eigenvalue weighted by atomic mass is 32.2. The maximum atomic E-state index is 13.5. The van der Waals surface area contributed by atoms with Gasteiger partial charge in [-0.05, 0) is 36.2 Å². The van der Waals surface area contributed by atoms with Gasteiger partial charge in [0.25, 0.3) is 0 Å². The average Bonchev–Trinajstić information content (AvgIpc) is 2.90. The molecule has 1 radical (unpaired) electrons. The minimum atomic E-state index is -3.83. The summed E-state index contributed by atoms with van der Waals surface area (Å²) in [5.41, 5.74) is 3.54. The molecule has 4 aromatic carbocycles. The van der Waals surface area contributed by atoms with Gasteiger partial charge in [0.05, 0.1) is 17.0 Å². The first-order chi connectivity index (χ1) is 17.5. The second kappa shape index (κ2) is 12.0. The molecule has 0 spiro atoms. The molecule has 0 unspecified atom stereocenters. The molecule has 183 valence electrons. The fourth-order valence-corrected chi connectivity index (χ4v) is 5.31. The molecule has 0 aliphatic rings. The molecule has 0 saturated carbocycles. The number of hydrogen-bond acceptors (Lipinski definition) is 5. The van der Waals surface area contributed by atoms with Gasteiger partial charge in [-0.1, -0.05) is 96.6 Å². The summed E-state index contributed by atoms with van der Waals surface area (Å²) in [4.78, 5) is 0.207. The van der Waals surface area contributed by atoms with Gasteiger partial charge < -0.3 is 15.0 Å². The van der Waals surface area contributed by atoms with Crippen LogP contribution in [0.15, 0.2) is 114 Å².